The molecule has 1 aromatic carbocycles. The van der Waals surface area contributed by atoms with Crippen LogP contribution in [0.15, 0.2) is 18.2 Å². The number of nitrogens with two attached hydrogens (primary N) is 1. The largest absolute Gasteiger partial charge is 0.481 e. The molecule has 18 heavy (non-hydrogen) atoms. The molecule has 0 radical (unpaired) electrons. The van der Waals surface area contributed by atoms with E-state index in [-0.39, 0.29) is 12.5 Å². The second kappa shape index (κ2) is 6.55. The Balaban J connectivity index is 2.96. The van der Waals surface area contributed by atoms with Crippen molar-refractivity contribution in [1.82, 2.24) is 0 Å². The molecule has 0 saturated carbocycles. The van der Waals surface area contributed by atoms with Crippen LogP contribution in [0.2, 0.25) is 0 Å². The molecule has 1 aromatic rings. The second-order valence-corrected chi connectivity index (χ2v) is 4.90. The van der Waals surface area contributed by atoms with E-state index in [4.69, 9.17) is 10.8 Å². The van der Waals surface area contributed by atoms with E-state index >= 15 is 0 Å². The van der Waals surface area contributed by atoms with Gasteiger partial charge < -0.3 is 10.8 Å². The monoisotopic (exact) mass is 249 g/mol. The van der Waals surface area contributed by atoms with Gasteiger partial charge >= 0.3 is 5.97 Å². The average molecular weight is 249 g/mol. The molecule has 0 saturated heterocycles. The van der Waals surface area contributed by atoms with Gasteiger partial charge in [-0.2, -0.15) is 0 Å². The van der Waals surface area contributed by atoms with E-state index in [1.807, 2.05) is 6.07 Å². The van der Waals surface area contributed by atoms with Crippen LogP contribution in [0, 0.1) is 19.8 Å². The lowest BCUT2D eigenvalue weighted by molar-refractivity contribution is -0.141. The second-order valence-electron chi connectivity index (χ2n) is 4.90. The minimum atomic E-state index is -0.791. The summed E-state index contributed by atoms with van der Waals surface area (Å²) in [6, 6.07) is 6.23. The van der Waals surface area contributed by atoms with Gasteiger partial charge in [-0.15, -0.1) is 0 Å². The maximum absolute atomic E-state index is 11.1. The highest BCUT2D eigenvalue weighted by Crippen LogP contribution is 2.30. The van der Waals surface area contributed by atoms with Gasteiger partial charge in [0.25, 0.3) is 0 Å². The van der Waals surface area contributed by atoms with E-state index in [1.165, 1.54) is 16.7 Å². The summed E-state index contributed by atoms with van der Waals surface area (Å²) < 4.78 is 0. The fourth-order valence-corrected chi connectivity index (χ4v) is 2.37. The summed E-state index contributed by atoms with van der Waals surface area (Å²) in [7, 11) is 0. The van der Waals surface area contributed by atoms with Gasteiger partial charge in [0.1, 0.15) is 0 Å². The molecule has 0 heterocycles. The molecule has 0 amide bonds. The Morgan fingerprint density at radius 2 is 2.06 bits per heavy atom. The molecule has 0 aliphatic carbocycles. The first-order valence-electron chi connectivity index (χ1n) is 6.50. The average Bonchev–Trinajstić information content (AvgIpc) is 2.34. The number of carbonyl (C=O) groups is 1. The first kappa shape index (κ1) is 14.7. The van der Waals surface area contributed by atoms with E-state index in [1.54, 1.807) is 0 Å². The molecule has 2 atom stereocenters. The van der Waals surface area contributed by atoms with Gasteiger partial charge in [-0.3, -0.25) is 4.79 Å². The Bertz CT molecular complexity index is 415. The minimum Gasteiger partial charge on any atom is -0.481 e. The third-order valence-corrected chi connectivity index (χ3v) is 3.78. The van der Waals surface area contributed by atoms with Crippen molar-refractivity contribution < 1.29 is 9.90 Å². The Morgan fingerprint density at radius 1 is 1.39 bits per heavy atom. The van der Waals surface area contributed by atoms with E-state index in [2.05, 4.69) is 32.9 Å². The van der Waals surface area contributed by atoms with Gasteiger partial charge in [-0.05, 0) is 49.3 Å². The Hall–Kier alpha value is -1.35. The van der Waals surface area contributed by atoms with Gasteiger partial charge in [-0.1, -0.05) is 25.1 Å². The van der Waals surface area contributed by atoms with Crippen LogP contribution in [0.1, 0.15) is 42.4 Å². The molecule has 3 N–H and O–H groups in total. The highest BCUT2D eigenvalue weighted by atomic mass is 16.4. The lowest BCUT2D eigenvalue weighted by Crippen LogP contribution is -2.25. The zero-order valence-electron chi connectivity index (χ0n) is 11.4. The van der Waals surface area contributed by atoms with Crippen molar-refractivity contribution in [3.05, 3.63) is 34.9 Å². The van der Waals surface area contributed by atoms with Crippen molar-refractivity contribution in [3.8, 4) is 0 Å². The van der Waals surface area contributed by atoms with Gasteiger partial charge in [-0.25, -0.2) is 0 Å². The molecular weight excluding hydrogens is 226 g/mol. The van der Waals surface area contributed by atoms with Crippen LogP contribution in [0.4, 0.5) is 0 Å². The first-order valence-corrected chi connectivity index (χ1v) is 6.50. The van der Waals surface area contributed by atoms with Crippen molar-refractivity contribution in [1.29, 1.82) is 0 Å². The van der Waals surface area contributed by atoms with Gasteiger partial charge in [0, 0.05) is 6.54 Å². The van der Waals surface area contributed by atoms with Gasteiger partial charge in [0.2, 0.25) is 0 Å². The molecule has 1 rings (SSSR count). The van der Waals surface area contributed by atoms with E-state index in [0.717, 1.165) is 6.42 Å². The standard InChI is InChI=1S/C15H23NO2/c1-4-12(8-13(9-16)15(17)18)14-7-5-6-10(2)11(14)3/h5-7,12-13H,4,8-9,16H2,1-3H3,(H,17,18). The smallest absolute Gasteiger partial charge is 0.307 e. The summed E-state index contributed by atoms with van der Waals surface area (Å²) >= 11 is 0. The molecule has 0 bridgehead atoms. The van der Waals surface area contributed by atoms with Crippen molar-refractivity contribution in [2.45, 2.75) is 39.5 Å². The number of carboxylic acids is 1. The molecule has 0 fully saturated rings. The highest BCUT2D eigenvalue weighted by Gasteiger charge is 2.22. The molecule has 0 aromatic heterocycles. The quantitative estimate of drug-likeness (QED) is 0.814. The maximum atomic E-state index is 11.1. The normalized spacial score (nSPS) is 14.2. The van der Waals surface area contributed by atoms with Crippen LogP contribution in [0.25, 0.3) is 0 Å². The Morgan fingerprint density at radius 3 is 2.56 bits per heavy atom. The highest BCUT2D eigenvalue weighted by molar-refractivity contribution is 5.70. The van der Waals surface area contributed by atoms with Crippen molar-refractivity contribution in [3.63, 3.8) is 0 Å². The van der Waals surface area contributed by atoms with Crippen LogP contribution in [0.5, 0.6) is 0 Å². The third-order valence-electron chi connectivity index (χ3n) is 3.78. The Kier molecular flexibility index (Phi) is 5.35. The van der Waals surface area contributed by atoms with Gasteiger partial charge in [0.05, 0.1) is 5.92 Å². The fraction of sp³-hybridized carbons (Fsp3) is 0.533. The number of hydrogen-bond donors (Lipinski definition) is 2. The molecule has 100 valence electrons. The number of hydrogen-bond acceptors (Lipinski definition) is 2. The lowest BCUT2D eigenvalue weighted by Gasteiger charge is -2.22. The van der Waals surface area contributed by atoms with Crippen LogP contribution in [-0.2, 0) is 4.79 Å². The van der Waals surface area contributed by atoms with Crippen molar-refractivity contribution >= 4 is 5.97 Å². The first-order chi connectivity index (χ1) is 8.51. The molecule has 0 aliphatic heterocycles. The third kappa shape index (κ3) is 3.33. The molecule has 3 nitrogen and oxygen atoms in total. The maximum Gasteiger partial charge on any atom is 0.307 e. The van der Waals surface area contributed by atoms with E-state index in [0.29, 0.717) is 6.42 Å². The molecule has 0 spiro atoms. The summed E-state index contributed by atoms with van der Waals surface area (Å²) in [6.45, 7) is 6.49. The summed E-state index contributed by atoms with van der Waals surface area (Å²) in [6.07, 6.45) is 1.56. The predicted octanol–water partition coefficient (Wildman–Crippen LogP) is 2.85. The summed E-state index contributed by atoms with van der Waals surface area (Å²) in [5, 5.41) is 9.11. The van der Waals surface area contributed by atoms with Crippen LogP contribution in [0.3, 0.4) is 0 Å². The summed E-state index contributed by atoms with van der Waals surface area (Å²) in [5.41, 5.74) is 9.33. The molecule has 0 aliphatic rings. The van der Waals surface area contributed by atoms with Crippen molar-refractivity contribution in [2.24, 2.45) is 11.7 Å². The zero-order valence-corrected chi connectivity index (χ0v) is 11.4. The summed E-state index contributed by atoms with van der Waals surface area (Å²) in [5.74, 6) is -0.967. The van der Waals surface area contributed by atoms with Crippen LogP contribution in [-0.4, -0.2) is 17.6 Å². The van der Waals surface area contributed by atoms with Crippen LogP contribution < -0.4 is 5.73 Å². The Labute approximate surface area is 109 Å². The zero-order chi connectivity index (χ0) is 13.7. The lowest BCUT2D eigenvalue weighted by atomic mass is 9.84. The number of aliphatic carboxylic acids is 1. The van der Waals surface area contributed by atoms with Crippen LogP contribution >= 0.6 is 0 Å². The predicted molar refractivity (Wildman–Crippen MR) is 73.7 cm³/mol. The SMILES string of the molecule is CCC(CC(CN)C(=O)O)c1cccc(C)c1C. The molecular formula is C15H23NO2. The molecule has 3 heteroatoms. The number of rotatable bonds is 6. The number of aryl methyl sites for hydroxylation is 1. The topological polar surface area (TPSA) is 63.3 Å². The van der Waals surface area contributed by atoms with Crippen molar-refractivity contribution in [2.75, 3.05) is 6.54 Å². The minimum absolute atomic E-state index is 0.205. The summed E-state index contributed by atoms with van der Waals surface area (Å²) in [4.78, 5) is 11.1. The number of carboxylic acid groups (broad SMARTS) is 1. The molecule has 2 unspecified atom stereocenters. The van der Waals surface area contributed by atoms with E-state index < -0.39 is 11.9 Å². The van der Waals surface area contributed by atoms with E-state index in [9.17, 15) is 4.79 Å². The number of benzene rings is 1. The fourth-order valence-electron chi connectivity index (χ4n) is 2.37. The van der Waals surface area contributed by atoms with Gasteiger partial charge in [0.15, 0.2) is 0 Å².